The first kappa shape index (κ1) is 20.3. The summed E-state index contributed by atoms with van der Waals surface area (Å²) in [4.78, 5) is 30.4. The van der Waals surface area contributed by atoms with E-state index in [1.54, 1.807) is 6.92 Å². The van der Waals surface area contributed by atoms with E-state index < -0.39 is 0 Å². The lowest BCUT2D eigenvalue weighted by molar-refractivity contribution is -0.130. The van der Waals surface area contributed by atoms with Crippen molar-refractivity contribution in [3.05, 3.63) is 63.3 Å². The van der Waals surface area contributed by atoms with Crippen LogP contribution < -0.4 is 4.74 Å². The van der Waals surface area contributed by atoms with Gasteiger partial charge in [-0.05, 0) is 35.9 Å². The molecule has 3 aromatic rings. The van der Waals surface area contributed by atoms with Gasteiger partial charge in [-0.3, -0.25) is 9.59 Å². The van der Waals surface area contributed by atoms with E-state index in [2.05, 4.69) is 34.8 Å². The lowest BCUT2D eigenvalue weighted by atomic mass is 9.71. The molecule has 0 radical (unpaired) electrons. The molecule has 0 atom stereocenters. The molecule has 1 aromatic heterocycles. The largest absolute Gasteiger partial charge is 0.490 e. The van der Waals surface area contributed by atoms with E-state index >= 15 is 0 Å². The number of amides is 1. The summed E-state index contributed by atoms with van der Waals surface area (Å²) in [5.74, 6) is 0.955. The first-order chi connectivity index (χ1) is 14.8. The molecule has 6 heteroatoms. The van der Waals surface area contributed by atoms with Gasteiger partial charge in [-0.1, -0.05) is 35.8 Å². The molecule has 5 rings (SSSR count). The van der Waals surface area contributed by atoms with E-state index in [1.807, 2.05) is 41.3 Å². The average molecular weight is 481 g/mol. The molecule has 1 aliphatic carbocycles. The molecule has 1 saturated heterocycles. The van der Waals surface area contributed by atoms with Gasteiger partial charge >= 0.3 is 0 Å². The summed E-state index contributed by atoms with van der Waals surface area (Å²) >= 11 is 3.52. The van der Waals surface area contributed by atoms with Crippen molar-refractivity contribution in [3.8, 4) is 5.75 Å². The van der Waals surface area contributed by atoms with Crippen LogP contribution in [0.2, 0.25) is 0 Å². The SMILES string of the molecule is CC(=O)N1CCC(Oc2ccc3c(c2)C(C)(C)c2[nH]c4cc(Br)ccc4c2C3=O)CC1. The van der Waals surface area contributed by atoms with Crippen LogP contribution in [0.5, 0.6) is 5.75 Å². The number of benzene rings is 2. The summed E-state index contributed by atoms with van der Waals surface area (Å²) in [6.07, 6.45) is 1.72. The highest BCUT2D eigenvalue weighted by molar-refractivity contribution is 9.10. The van der Waals surface area contributed by atoms with E-state index in [0.29, 0.717) is 0 Å². The number of aromatic nitrogens is 1. The molecule has 2 aliphatic rings. The first-order valence-electron chi connectivity index (χ1n) is 10.7. The van der Waals surface area contributed by atoms with Gasteiger partial charge in [0.2, 0.25) is 5.91 Å². The topological polar surface area (TPSA) is 62.4 Å². The van der Waals surface area contributed by atoms with Crippen molar-refractivity contribution in [2.24, 2.45) is 0 Å². The molecule has 1 aliphatic heterocycles. The Labute approximate surface area is 189 Å². The lowest BCUT2D eigenvalue weighted by Gasteiger charge is -2.34. The van der Waals surface area contributed by atoms with Crippen LogP contribution in [0.1, 0.15) is 60.8 Å². The van der Waals surface area contributed by atoms with Gasteiger partial charge in [0.05, 0.1) is 5.56 Å². The minimum atomic E-state index is -0.360. The molecule has 31 heavy (non-hydrogen) atoms. The zero-order valence-corrected chi connectivity index (χ0v) is 19.5. The molecule has 0 unspecified atom stereocenters. The number of nitrogens with one attached hydrogen (secondary N) is 1. The van der Waals surface area contributed by atoms with Gasteiger partial charge in [0, 0.05) is 64.9 Å². The fourth-order valence-corrected chi connectivity index (χ4v) is 5.30. The van der Waals surface area contributed by atoms with Gasteiger partial charge in [-0.25, -0.2) is 0 Å². The number of rotatable bonds is 2. The summed E-state index contributed by atoms with van der Waals surface area (Å²) in [6.45, 7) is 7.36. The summed E-state index contributed by atoms with van der Waals surface area (Å²) in [5.41, 5.74) is 4.04. The third-order valence-electron chi connectivity index (χ3n) is 6.71. The summed E-state index contributed by atoms with van der Waals surface area (Å²) < 4.78 is 7.25. The maximum Gasteiger partial charge on any atom is 0.219 e. The van der Waals surface area contributed by atoms with Crippen molar-refractivity contribution >= 4 is 38.5 Å². The summed E-state index contributed by atoms with van der Waals surface area (Å²) in [5, 5.41) is 0.958. The van der Waals surface area contributed by atoms with E-state index in [1.165, 1.54) is 0 Å². The highest BCUT2D eigenvalue weighted by Gasteiger charge is 2.40. The van der Waals surface area contributed by atoms with Crippen LogP contribution in [-0.4, -0.2) is 40.8 Å². The lowest BCUT2D eigenvalue weighted by Crippen LogP contribution is -2.40. The molecular weight excluding hydrogens is 456 g/mol. The quantitative estimate of drug-likeness (QED) is 0.548. The summed E-state index contributed by atoms with van der Waals surface area (Å²) in [6, 6.07) is 11.8. The number of halogens is 1. The Morgan fingerprint density at radius 1 is 1.16 bits per heavy atom. The number of nitrogens with zero attached hydrogens (tertiary/aromatic N) is 1. The molecule has 1 fully saturated rings. The third kappa shape index (κ3) is 3.28. The Morgan fingerprint density at radius 2 is 1.90 bits per heavy atom. The molecule has 0 bridgehead atoms. The normalized spacial score (nSPS) is 18.1. The fraction of sp³-hybridized carbons (Fsp3) is 0.360. The predicted molar refractivity (Wildman–Crippen MR) is 124 cm³/mol. The molecule has 5 nitrogen and oxygen atoms in total. The maximum atomic E-state index is 13.4. The molecule has 160 valence electrons. The summed E-state index contributed by atoms with van der Waals surface area (Å²) in [7, 11) is 0. The van der Waals surface area contributed by atoms with Crippen LogP contribution in [0, 0.1) is 0 Å². The molecule has 2 aromatic carbocycles. The number of fused-ring (bicyclic) bond motifs is 4. The molecule has 1 N–H and O–H groups in total. The number of carbonyl (C=O) groups is 2. The zero-order valence-electron chi connectivity index (χ0n) is 17.9. The number of aromatic amines is 1. The van der Waals surface area contributed by atoms with Crippen LogP contribution in [0.25, 0.3) is 10.9 Å². The smallest absolute Gasteiger partial charge is 0.219 e. The fourth-order valence-electron chi connectivity index (χ4n) is 4.94. The number of likely N-dealkylation sites (tertiary alicyclic amines) is 1. The van der Waals surface area contributed by atoms with Crippen molar-refractivity contribution in [2.75, 3.05) is 13.1 Å². The molecular formula is C25H25BrN2O3. The van der Waals surface area contributed by atoms with Gasteiger partial charge in [0.25, 0.3) is 0 Å². The van der Waals surface area contributed by atoms with Gasteiger partial charge < -0.3 is 14.6 Å². The number of hydrogen-bond acceptors (Lipinski definition) is 3. The van der Waals surface area contributed by atoms with Crippen molar-refractivity contribution in [2.45, 2.75) is 45.1 Å². The van der Waals surface area contributed by atoms with E-state index in [9.17, 15) is 9.59 Å². The highest BCUT2D eigenvalue weighted by Crippen LogP contribution is 2.45. The van der Waals surface area contributed by atoms with Crippen LogP contribution in [0.15, 0.2) is 40.9 Å². The van der Waals surface area contributed by atoms with Crippen molar-refractivity contribution in [1.82, 2.24) is 9.88 Å². The molecule has 0 saturated carbocycles. The molecule has 2 heterocycles. The van der Waals surface area contributed by atoms with E-state index in [-0.39, 0.29) is 23.2 Å². The van der Waals surface area contributed by atoms with Crippen molar-refractivity contribution in [3.63, 3.8) is 0 Å². The van der Waals surface area contributed by atoms with Gasteiger partial charge in [0.15, 0.2) is 5.78 Å². The molecule has 0 spiro atoms. The van der Waals surface area contributed by atoms with Gasteiger partial charge in [-0.15, -0.1) is 0 Å². The minimum Gasteiger partial charge on any atom is -0.490 e. The Hall–Kier alpha value is -2.60. The van der Waals surface area contributed by atoms with Crippen LogP contribution >= 0.6 is 15.9 Å². The Kier molecular flexibility index (Phi) is 4.74. The number of carbonyl (C=O) groups excluding carboxylic acids is 2. The van der Waals surface area contributed by atoms with E-state index in [4.69, 9.17) is 4.74 Å². The van der Waals surface area contributed by atoms with Crippen LogP contribution in [-0.2, 0) is 10.2 Å². The Bertz CT molecular complexity index is 1220. The third-order valence-corrected chi connectivity index (χ3v) is 7.20. The standard InChI is InChI=1S/C25H25BrN2O3/c1-14(29)28-10-8-16(9-11-28)31-17-5-7-18-20(13-17)25(2,3)24-22(23(18)30)19-6-4-15(26)12-21(19)27-24/h4-7,12-13,16,27H,8-11H2,1-3H3. The maximum absolute atomic E-state index is 13.4. The van der Waals surface area contributed by atoms with Gasteiger partial charge in [-0.2, -0.15) is 0 Å². The van der Waals surface area contributed by atoms with Gasteiger partial charge in [0.1, 0.15) is 11.9 Å². The van der Waals surface area contributed by atoms with Crippen molar-refractivity contribution in [1.29, 1.82) is 0 Å². The van der Waals surface area contributed by atoms with Crippen LogP contribution in [0.3, 0.4) is 0 Å². The second kappa shape index (κ2) is 7.23. The second-order valence-electron chi connectivity index (χ2n) is 9.05. The minimum absolute atomic E-state index is 0.0548. The number of hydrogen-bond donors (Lipinski definition) is 1. The predicted octanol–water partition coefficient (Wildman–Crippen LogP) is 5.19. The number of piperidine rings is 1. The average Bonchev–Trinajstić information content (AvgIpc) is 3.12. The van der Waals surface area contributed by atoms with E-state index in [0.717, 1.165) is 69.4 Å². The highest BCUT2D eigenvalue weighted by atomic mass is 79.9. The number of H-pyrrole nitrogens is 1. The van der Waals surface area contributed by atoms with Crippen molar-refractivity contribution < 1.29 is 14.3 Å². The Morgan fingerprint density at radius 3 is 2.61 bits per heavy atom. The Balaban J connectivity index is 1.48. The second-order valence-corrected chi connectivity index (χ2v) is 9.97. The zero-order chi connectivity index (χ0) is 21.9. The first-order valence-corrected chi connectivity index (χ1v) is 11.5. The number of ether oxygens (including phenoxy) is 1. The number of ketones is 1. The monoisotopic (exact) mass is 480 g/mol. The molecule has 1 amide bonds. The van der Waals surface area contributed by atoms with Crippen LogP contribution in [0.4, 0.5) is 0 Å².